The van der Waals surface area contributed by atoms with Crippen molar-refractivity contribution in [3.63, 3.8) is 0 Å². The predicted molar refractivity (Wildman–Crippen MR) is 70.5 cm³/mol. The number of nitrogens with two attached hydrogens (primary N) is 1. The minimum Gasteiger partial charge on any atom is -0.444 e. The van der Waals surface area contributed by atoms with Crippen molar-refractivity contribution in [1.82, 2.24) is 4.90 Å². The Hall–Kier alpha value is -0.810. The fraction of sp³-hybridized carbons (Fsp3) is 0.923. The fourth-order valence-corrected chi connectivity index (χ4v) is 2.02. The predicted octanol–water partition coefficient (Wildman–Crippen LogP) is 1.75. The molecule has 0 atom stereocenters. The summed E-state index contributed by atoms with van der Waals surface area (Å²) in [5, 5.41) is 0. The van der Waals surface area contributed by atoms with Gasteiger partial charge in [0.05, 0.1) is 0 Å². The highest BCUT2D eigenvalue weighted by atomic mass is 16.6. The average Bonchev–Trinajstić information content (AvgIpc) is 2.25. The number of nitrogens with zero attached hydrogens (tertiary/aromatic N) is 1. The molecule has 1 aliphatic heterocycles. The van der Waals surface area contributed by atoms with E-state index in [-0.39, 0.29) is 11.6 Å². The van der Waals surface area contributed by atoms with E-state index in [9.17, 15) is 4.79 Å². The van der Waals surface area contributed by atoms with Gasteiger partial charge in [0.2, 0.25) is 0 Å². The van der Waals surface area contributed by atoms with Crippen LogP contribution in [0.4, 0.5) is 4.79 Å². The Morgan fingerprint density at radius 1 is 1.33 bits per heavy atom. The molecular formula is C13H26N2O3. The van der Waals surface area contributed by atoms with Crippen LogP contribution in [0.1, 0.15) is 40.0 Å². The van der Waals surface area contributed by atoms with Crippen LogP contribution < -0.4 is 5.73 Å². The smallest absolute Gasteiger partial charge is 0.410 e. The molecule has 18 heavy (non-hydrogen) atoms. The van der Waals surface area contributed by atoms with Gasteiger partial charge in [0, 0.05) is 32.3 Å². The Morgan fingerprint density at radius 2 is 1.89 bits per heavy atom. The zero-order chi connectivity index (χ0) is 13.8. The molecule has 2 N–H and O–H groups in total. The van der Waals surface area contributed by atoms with Crippen LogP contribution >= 0.6 is 0 Å². The summed E-state index contributed by atoms with van der Waals surface area (Å²) in [6, 6.07) is 0. The lowest BCUT2D eigenvalue weighted by Gasteiger charge is -2.39. The van der Waals surface area contributed by atoms with Crippen LogP contribution in [-0.2, 0) is 9.47 Å². The van der Waals surface area contributed by atoms with Crippen LogP contribution in [0.3, 0.4) is 0 Å². The summed E-state index contributed by atoms with van der Waals surface area (Å²) >= 11 is 0. The van der Waals surface area contributed by atoms with Crippen LogP contribution in [-0.4, -0.2) is 48.9 Å². The molecule has 1 heterocycles. The molecule has 1 fully saturated rings. The summed E-state index contributed by atoms with van der Waals surface area (Å²) < 4.78 is 10.4. The van der Waals surface area contributed by atoms with Crippen LogP contribution in [0.2, 0.25) is 0 Å². The number of amides is 1. The van der Waals surface area contributed by atoms with Gasteiger partial charge in [-0.3, -0.25) is 0 Å². The molecule has 5 nitrogen and oxygen atoms in total. The van der Waals surface area contributed by atoms with E-state index in [1.54, 1.807) is 12.0 Å². The molecule has 5 heteroatoms. The van der Waals surface area contributed by atoms with Crippen molar-refractivity contribution < 1.29 is 14.3 Å². The van der Waals surface area contributed by atoms with Crippen LogP contribution in [0.15, 0.2) is 0 Å². The largest absolute Gasteiger partial charge is 0.444 e. The fourth-order valence-electron chi connectivity index (χ4n) is 2.02. The lowest BCUT2D eigenvalue weighted by molar-refractivity contribution is 0.0152. The molecule has 0 bridgehead atoms. The van der Waals surface area contributed by atoms with Crippen molar-refractivity contribution in [2.45, 2.75) is 51.2 Å². The van der Waals surface area contributed by atoms with E-state index in [4.69, 9.17) is 15.2 Å². The number of methoxy groups -OCH3 is 1. The first-order valence-corrected chi connectivity index (χ1v) is 6.51. The van der Waals surface area contributed by atoms with Gasteiger partial charge >= 0.3 is 6.09 Å². The van der Waals surface area contributed by atoms with Crippen molar-refractivity contribution in [3.05, 3.63) is 0 Å². The normalized spacial score (nSPS) is 19.7. The molecule has 0 aliphatic carbocycles. The number of likely N-dealkylation sites (tertiary alicyclic amines) is 1. The number of hydrogen-bond donors (Lipinski definition) is 1. The van der Waals surface area contributed by atoms with E-state index in [2.05, 4.69) is 0 Å². The van der Waals surface area contributed by atoms with E-state index in [1.807, 2.05) is 20.8 Å². The number of piperidine rings is 1. The lowest BCUT2D eigenvalue weighted by Crippen LogP contribution is -2.53. The second kappa shape index (κ2) is 5.89. The van der Waals surface area contributed by atoms with Crippen molar-refractivity contribution >= 4 is 6.09 Å². The molecule has 0 aromatic heterocycles. The molecular weight excluding hydrogens is 232 g/mol. The van der Waals surface area contributed by atoms with Crippen molar-refractivity contribution in [1.29, 1.82) is 0 Å². The molecule has 0 aromatic carbocycles. The van der Waals surface area contributed by atoms with Crippen LogP contribution in [0.5, 0.6) is 0 Å². The van der Waals surface area contributed by atoms with Gasteiger partial charge in [-0.05, 0) is 40.0 Å². The van der Waals surface area contributed by atoms with Crippen molar-refractivity contribution in [2.24, 2.45) is 5.73 Å². The summed E-state index contributed by atoms with van der Waals surface area (Å²) in [5.41, 5.74) is 5.64. The quantitative estimate of drug-likeness (QED) is 0.837. The maximum atomic E-state index is 11.9. The third-order valence-corrected chi connectivity index (χ3v) is 3.21. The summed E-state index contributed by atoms with van der Waals surface area (Å²) in [7, 11) is 1.68. The third-order valence-electron chi connectivity index (χ3n) is 3.21. The molecule has 1 rings (SSSR count). The summed E-state index contributed by atoms with van der Waals surface area (Å²) in [5.74, 6) is 0. The van der Waals surface area contributed by atoms with E-state index in [1.165, 1.54) is 0 Å². The topological polar surface area (TPSA) is 64.8 Å². The van der Waals surface area contributed by atoms with Gasteiger partial charge in [-0.25, -0.2) is 4.79 Å². The van der Waals surface area contributed by atoms with Gasteiger partial charge in [0.15, 0.2) is 0 Å². The Kier molecular flexibility index (Phi) is 4.99. The molecule has 0 radical (unpaired) electrons. The molecule has 1 aliphatic rings. The van der Waals surface area contributed by atoms with E-state index in [0.29, 0.717) is 19.7 Å². The number of carbonyl (C=O) groups is 1. The summed E-state index contributed by atoms with van der Waals surface area (Å²) in [6.07, 6.45) is 2.20. The van der Waals surface area contributed by atoms with E-state index >= 15 is 0 Å². The average molecular weight is 258 g/mol. The molecule has 0 saturated carbocycles. The number of rotatable bonds is 3. The highest BCUT2D eigenvalue weighted by Crippen LogP contribution is 2.24. The Morgan fingerprint density at radius 3 is 2.33 bits per heavy atom. The summed E-state index contributed by atoms with van der Waals surface area (Å²) in [6.45, 7) is 7.62. The monoisotopic (exact) mass is 258 g/mol. The first-order valence-electron chi connectivity index (χ1n) is 6.51. The Balaban J connectivity index is 2.41. The second-order valence-corrected chi connectivity index (χ2v) is 6.07. The maximum Gasteiger partial charge on any atom is 0.410 e. The van der Waals surface area contributed by atoms with Gasteiger partial charge in [-0.15, -0.1) is 0 Å². The minimum atomic E-state index is -0.440. The number of hydrogen-bond acceptors (Lipinski definition) is 4. The minimum absolute atomic E-state index is 0.200. The third kappa shape index (κ3) is 4.82. The Bertz CT molecular complexity index is 278. The van der Waals surface area contributed by atoms with Crippen molar-refractivity contribution in [2.75, 3.05) is 26.8 Å². The molecule has 106 valence electrons. The highest BCUT2D eigenvalue weighted by molar-refractivity contribution is 5.68. The Labute approximate surface area is 110 Å². The maximum absolute atomic E-state index is 11.9. The molecule has 1 saturated heterocycles. The van der Waals surface area contributed by atoms with Gasteiger partial charge in [-0.1, -0.05) is 0 Å². The van der Waals surface area contributed by atoms with Gasteiger partial charge in [-0.2, -0.15) is 0 Å². The number of carbonyl (C=O) groups excluding carboxylic acids is 1. The molecule has 1 amide bonds. The van der Waals surface area contributed by atoms with Crippen molar-refractivity contribution in [3.8, 4) is 0 Å². The van der Waals surface area contributed by atoms with Gasteiger partial charge in [0.1, 0.15) is 5.60 Å². The number of ether oxygens (including phenoxy) is 2. The lowest BCUT2D eigenvalue weighted by atomic mass is 9.86. The standard InChI is InChI=1S/C13H26N2O3/c1-12(2,3)18-11(16)15-8-5-13(14,6-9-15)7-10-17-4/h5-10,14H2,1-4H3. The highest BCUT2D eigenvalue weighted by Gasteiger charge is 2.33. The molecule has 0 spiro atoms. The first kappa shape index (κ1) is 15.2. The van der Waals surface area contributed by atoms with Gasteiger partial charge < -0.3 is 20.1 Å². The van der Waals surface area contributed by atoms with E-state index < -0.39 is 5.60 Å². The first-order chi connectivity index (χ1) is 8.26. The SMILES string of the molecule is COCCC1(N)CCN(C(=O)OC(C)(C)C)CC1. The van der Waals surface area contributed by atoms with E-state index in [0.717, 1.165) is 19.3 Å². The zero-order valence-electron chi connectivity index (χ0n) is 12.0. The molecule has 0 unspecified atom stereocenters. The van der Waals surface area contributed by atoms with Crippen LogP contribution in [0, 0.1) is 0 Å². The zero-order valence-corrected chi connectivity index (χ0v) is 12.0. The second-order valence-electron chi connectivity index (χ2n) is 6.07. The molecule has 0 aromatic rings. The van der Waals surface area contributed by atoms with Crippen LogP contribution in [0.25, 0.3) is 0 Å². The van der Waals surface area contributed by atoms with Gasteiger partial charge in [0.25, 0.3) is 0 Å². The summed E-state index contributed by atoms with van der Waals surface area (Å²) in [4.78, 5) is 13.6.